The van der Waals surface area contributed by atoms with E-state index in [1.807, 2.05) is 38.5 Å². The Kier molecular flexibility index (Phi) is 4.68. The molecule has 1 aromatic carbocycles. The molecular formula is C18H22N2O2S. The summed E-state index contributed by atoms with van der Waals surface area (Å²) in [6, 6.07) is 8.41. The molecule has 0 saturated heterocycles. The Morgan fingerprint density at radius 2 is 2.22 bits per heavy atom. The maximum Gasteiger partial charge on any atom is 0.261 e. The van der Waals surface area contributed by atoms with E-state index in [9.17, 15) is 4.79 Å². The molecule has 1 atom stereocenters. The molecule has 1 aliphatic heterocycles. The number of amides is 1. The Morgan fingerprint density at radius 3 is 2.91 bits per heavy atom. The SMILES string of the molecule is Cc1csc(C(=O)NCC(c2ccc3c(c2)CCO3)N(C)C)c1. The van der Waals surface area contributed by atoms with E-state index in [4.69, 9.17) is 4.74 Å². The second-order valence-electron chi connectivity index (χ2n) is 6.14. The highest BCUT2D eigenvalue weighted by atomic mass is 32.1. The first-order valence-corrected chi connectivity index (χ1v) is 8.68. The van der Waals surface area contributed by atoms with E-state index < -0.39 is 0 Å². The summed E-state index contributed by atoms with van der Waals surface area (Å²) in [5, 5.41) is 5.06. The summed E-state index contributed by atoms with van der Waals surface area (Å²) in [4.78, 5) is 15.2. The fourth-order valence-corrected chi connectivity index (χ4v) is 3.65. The lowest BCUT2D eigenvalue weighted by Gasteiger charge is -2.25. The van der Waals surface area contributed by atoms with Gasteiger partial charge in [0.2, 0.25) is 0 Å². The molecule has 1 amide bonds. The molecule has 1 aliphatic rings. The number of benzene rings is 1. The van der Waals surface area contributed by atoms with E-state index >= 15 is 0 Å². The summed E-state index contributed by atoms with van der Waals surface area (Å²) < 4.78 is 5.57. The van der Waals surface area contributed by atoms with Crippen molar-refractivity contribution in [3.63, 3.8) is 0 Å². The second kappa shape index (κ2) is 6.72. The van der Waals surface area contributed by atoms with Crippen LogP contribution in [0.1, 0.15) is 32.4 Å². The van der Waals surface area contributed by atoms with Crippen molar-refractivity contribution < 1.29 is 9.53 Å². The number of likely N-dealkylation sites (N-methyl/N-ethyl adjacent to an activating group) is 1. The molecule has 1 unspecified atom stereocenters. The number of thiophene rings is 1. The number of hydrogen-bond acceptors (Lipinski definition) is 4. The second-order valence-corrected chi connectivity index (χ2v) is 7.05. The van der Waals surface area contributed by atoms with Crippen LogP contribution in [0.5, 0.6) is 5.75 Å². The standard InChI is InChI=1S/C18H22N2O2S/c1-12-8-17(23-11-12)18(21)19-10-15(20(2)3)13-4-5-16-14(9-13)6-7-22-16/h4-5,8-9,11,15H,6-7,10H2,1-3H3,(H,19,21). The Labute approximate surface area is 141 Å². The van der Waals surface area contributed by atoms with Crippen LogP contribution in [0, 0.1) is 6.92 Å². The van der Waals surface area contributed by atoms with E-state index in [1.54, 1.807) is 0 Å². The minimum absolute atomic E-state index is 0.000515. The molecular weight excluding hydrogens is 308 g/mol. The summed E-state index contributed by atoms with van der Waals surface area (Å²) in [7, 11) is 4.08. The zero-order valence-electron chi connectivity index (χ0n) is 13.8. The smallest absolute Gasteiger partial charge is 0.261 e. The van der Waals surface area contributed by atoms with Crippen LogP contribution in [0.3, 0.4) is 0 Å². The van der Waals surface area contributed by atoms with E-state index in [1.165, 1.54) is 22.5 Å². The summed E-state index contributed by atoms with van der Waals surface area (Å²) in [6.07, 6.45) is 0.962. The van der Waals surface area contributed by atoms with Crippen LogP contribution in [0.2, 0.25) is 0 Å². The zero-order valence-corrected chi connectivity index (χ0v) is 14.6. The van der Waals surface area contributed by atoms with Gasteiger partial charge in [-0.15, -0.1) is 11.3 Å². The quantitative estimate of drug-likeness (QED) is 0.916. The predicted octanol–water partition coefficient (Wildman–Crippen LogP) is 3.02. The van der Waals surface area contributed by atoms with Gasteiger partial charge in [-0.3, -0.25) is 4.79 Å². The average Bonchev–Trinajstić information content (AvgIpc) is 3.15. The third kappa shape index (κ3) is 3.57. The van der Waals surface area contributed by atoms with Crippen LogP contribution in [-0.4, -0.2) is 38.1 Å². The molecule has 4 nitrogen and oxygen atoms in total. The third-order valence-corrected chi connectivity index (χ3v) is 5.18. The Morgan fingerprint density at radius 1 is 1.39 bits per heavy atom. The van der Waals surface area contributed by atoms with Gasteiger partial charge in [0, 0.05) is 13.0 Å². The number of nitrogens with one attached hydrogen (secondary N) is 1. The van der Waals surface area contributed by atoms with Crippen molar-refractivity contribution in [3.8, 4) is 5.75 Å². The summed E-state index contributed by atoms with van der Waals surface area (Å²) >= 11 is 1.49. The van der Waals surface area contributed by atoms with Crippen molar-refractivity contribution in [2.24, 2.45) is 0 Å². The highest BCUT2D eigenvalue weighted by Gasteiger charge is 2.19. The topological polar surface area (TPSA) is 41.6 Å². The number of fused-ring (bicyclic) bond motifs is 1. The number of nitrogens with zero attached hydrogens (tertiary/aromatic N) is 1. The van der Waals surface area contributed by atoms with Crippen LogP contribution in [0.25, 0.3) is 0 Å². The number of aryl methyl sites for hydroxylation is 1. The molecule has 0 spiro atoms. The first-order valence-electron chi connectivity index (χ1n) is 7.80. The van der Waals surface area contributed by atoms with Crippen LogP contribution < -0.4 is 10.1 Å². The van der Waals surface area contributed by atoms with Crippen LogP contribution in [0.15, 0.2) is 29.6 Å². The van der Waals surface area contributed by atoms with Crippen molar-refractivity contribution in [1.82, 2.24) is 10.2 Å². The molecule has 2 aromatic rings. The van der Waals surface area contributed by atoms with E-state index in [0.29, 0.717) is 6.54 Å². The van der Waals surface area contributed by atoms with E-state index in [0.717, 1.165) is 29.2 Å². The summed E-state index contributed by atoms with van der Waals surface area (Å²) in [5.74, 6) is 0.990. The monoisotopic (exact) mass is 330 g/mol. The van der Waals surface area contributed by atoms with Gasteiger partial charge in [-0.1, -0.05) is 12.1 Å². The lowest BCUT2D eigenvalue weighted by atomic mass is 10.0. The zero-order chi connectivity index (χ0) is 16.4. The fraction of sp³-hybridized carbons (Fsp3) is 0.389. The van der Waals surface area contributed by atoms with Crippen LogP contribution >= 0.6 is 11.3 Å². The van der Waals surface area contributed by atoms with Gasteiger partial charge in [-0.25, -0.2) is 0 Å². The Balaban J connectivity index is 1.71. The van der Waals surface area contributed by atoms with Crippen molar-refractivity contribution in [2.75, 3.05) is 27.2 Å². The first-order chi connectivity index (χ1) is 11.0. The summed E-state index contributed by atoms with van der Waals surface area (Å²) in [5.41, 5.74) is 3.60. The third-order valence-electron chi connectivity index (χ3n) is 4.13. The molecule has 5 heteroatoms. The molecule has 23 heavy (non-hydrogen) atoms. The van der Waals surface area contributed by atoms with Crippen molar-refractivity contribution in [1.29, 1.82) is 0 Å². The lowest BCUT2D eigenvalue weighted by Crippen LogP contribution is -2.34. The molecule has 2 heterocycles. The molecule has 0 radical (unpaired) electrons. The molecule has 1 N–H and O–H groups in total. The number of ether oxygens (including phenoxy) is 1. The highest BCUT2D eigenvalue weighted by Crippen LogP contribution is 2.29. The van der Waals surface area contributed by atoms with Crippen molar-refractivity contribution >= 4 is 17.2 Å². The van der Waals surface area contributed by atoms with Crippen LogP contribution in [0.4, 0.5) is 0 Å². The summed E-state index contributed by atoms with van der Waals surface area (Å²) in [6.45, 7) is 3.35. The molecule has 0 fully saturated rings. The molecule has 0 bridgehead atoms. The maximum absolute atomic E-state index is 12.3. The van der Waals surface area contributed by atoms with Crippen molar-refractivity contribution in [3.05, 3.63) is 51.2 Å². The van der Waals surface area contributed by atoms with Gasteiger partial charge in [0.1, 0.15) is 5.75 Å². The average molecular weight is 330 g/mol. The minimum Gasteiger partial charge on any atom is -0.493 e. The van der Waals surface area contributed by atoms with Crippen molar-refractivity contribution in [2.45, 2.75) is 19.4 Å². The molecule has 1 aromatic heterocycles. The first kappa shape index (κ1) is 16.0. The largest absolute Gasteiger partial charge is 0.493 e. The predicted molar refractivity (Wildman–Crippen MR) is 93.5 cm³/mol. The van der Waals surface area contributed by atoms with Gasteiger partial charge >= 0.3 is 0 Å². The minimum atomic E-state index is -0.000515. The van der Waals surface area contributed by atoms with Gasteiger partial charge in [0.15, 0.2) is 0 Å². The highest BCUT2D eigenvalue weighted by molar-refractivity contribution is 7.12. The van der Waals surface area contributed by atoms with Gasteiger partial charge in [0.25, 0.3) is 5.91 Å². The number of carbonyl (C=O) groups is 1. The number of hydrogen-bond donors (Lipinski definition) is 1. The number of rotatable bonds is 5. The maximum atomic E-state index is 12.3. The molecule has 0 saturated carbocycles. The van der Waals surface area contributed by atoms with Gasteiger partial charge < -0.3 is 15.0 Å². The fourth-order valence-electron chi connectivity index (χ4n) is 2.84. The number of carbonyl (C=O) groups excluding carboxylic acids is 1. The van der Waals surface area contributed by atoms with Gasteiger partial charge in [-0.05, 0) is 55.2 Å². The van der Waals surface area contributed by atoms with E-state index in [2.05, 4.69) is 22.3 Å². The normalized spacial score (nSPS) is 14.4. The molecule has 0 aliphatic carbocycles. The molecule has 122 valence electrons. The molecule has 3 rings (SSSR count). The van der Waals surface area contributed by atoms with Gasteiger partial charge in [0.05, 0.1) is 17.5 Å². The Hall–Kier alpha value is -1.85. The van der Waals surface area contributed by atoms with E-state index in [-0.39, 0.29) is 11.9 Å². The lowest BCUT2D eigenvalue weighted by molar-refractivity contribution is 0.0946. The van der Waals surface area contributed by atoms with Gasteiger partial charge in [-0.2, -0.15) is 0 Å². The van der Waals surface area contributed by atoms with Crippen LogP contribution in [-0.2, 0) is 6.42 Å². The Bertz CT molecular complexity index is 709.